The van der Waals surface area contributed by atoms with Crippen LogP contribution in [0.25, 0.3) is 10.8 Å². The monoisotopic (exact) mass is 166 g/mol. The summed E-state index contributed by atoms with van der Waals surface area (Å²) in [6.45, 7) is 1.91. The normalized spacial score (nSPS) is 13.5. The van der Waals surface area contributed by atoms with Gasteiger partial charge in [0.05, 0.1) is 0 Å². The molecule has 1 nitrogen and oxygen atoms in total. The number of aliphatic imine (C=N–C) groups is 1. The lowest BCUT2D eigenvalue weighted by molar-refractivity contribution is 1.35. The van der Waals surface area contributed by atoms with Gasteiger partial charge >= 0.3 is 0 Å². The molecule has 1 radical (unpaired) electrons. The average molecular weight is 166 g/mol. The molecule has 0 saturated carbocycles. The predicted octanol–water partition coefficient (Wildman–Crippen LogP) is 2.78. The van der Waals surface area contributed by atoms with Crippen LogP contribution in [0.4, 0.5) is 0 Å². The lowest BCUT2D eigenvalue weighted by Crippen LogP contribution is -1.94. The molecule has 0 aliphatic carbocycles. The minimum atomic E-state index is 1.22. The Hall–Kier alpha value is -1.63. The second-order valence-corrected chi connectivity index (χ2v) is 3.20. The second-order valence-electron chi connectivity index (χ2n) is 3.20. The molecule has 0 fully saturated rings. The van der Waals surface area contributed by atoms with Crippen molar-refractivity contribution in [2.24, 2.45) is 4.99 Å². The first-order valence-electron chi connectivity index (χ1n) is 4.33. The van der Waals surface area contributed by atoms with Crippen LogP contribution >= 0.6 is 0 Å². The van der Waals surface area contributed by atoms with Gasteiger partial charge in [-0.2, -0.15) is 0 Å². The molecule has 2 aromatic carbocycles. The summed E-state index contributed by atoms with van der Waals surface area (Å²) in [7, 11) is 0. The molecule has 3 rings (SSSR count). The van der Waals surface area contributed by atoms with Crippen LogP contribution in [-0.2, 0) is 0 Å². The van der Waals surface area contributed by atoms with Crippen LogP contribution in [-0.4, -0.2) is 6.21 Å². The SMILES string of the molecule is [CH]1N=Cc2cccc3cccc1c23. The van der Waals surface area contributed by atoms with Gasteiger partial charge in [0.2, 0.25) is 0 Å². The topological polar surface area (TPSA) is 12.4 Å². The van der Waals surface area contributed by atoms with Gasteiger partial charge in [-0.1, -0.05) is 36.4 Å². The molecule has 61 valence electrons. The maximum absolute atomic E-state index is 4.19. The van der Waals surface area contributed by atoms with E-state index in [1.807, 2.05) is 12.8 Å². The third kappa shape index (κ3) is 0.903. The van der Waals surface area contributed by atoms with E-state index in [-0.39, 0.29) is 0 Å². The Morgan fingerprint density at radius 3 is 2.46 bits per heavy atom. The van der Waals surface area contributed by atoms with Gasteiger partial charge in [0, 0.05) is 11.8 Å². The molecule has 0 saturated heterocycles. The minimum Gasteiger partial charge on any atom is -0.282 e. The molecule has 0 amide bonds. The van der Waals surface area contributed by atoms with Crippen molar-refractivity contribution in [2.45, 2.75) is 0 Å². The van der Waals surface area contributed by atoms with E-state index in [0.717, 1.165) is 0 Å². The summed E-state index contributed by atoms with van der Waals surface area (Å²) in [5, 5.41) is 2.61. The summed E-state index contributed by atoms with van der Waals surface area (Å²) in [6.07, 6.45) is 1.91. The fourth-order valence-electron chi connectivity index (χ4n) is 1.81. The van der Waals surface area contributed by atoms with Crippen molar-refractivity contribution in [3.63, 3.8) is 0 Å². The maximum Gasteiger partial charge on any atom is 0.102 e. The molecule has 1 aliphatic rings. The molecule has 0 bridgehead atoms. The van der Waals surface area contributed by atoms with Crippen LogP contribution in [0, 0.1) is 6.54 Å². The van der Waals surface area contributed by atoms with Crippen LogP contribution in [0.1, 0.15) is 11.1 Å². The number of nitrogens with zero attached hydrogens (tertiary/aromatic N) is 1. The zero-order valence-corrected chi connectivity index (χ0v) is 7.07. The fraction of sp³-hybridized carbons (Fsp3) is 0. The molecule has 1 aliphatic heterocycles. The highest BCUT2D eigenvalue weighted by molar-refractivity contribution is 6.04. The molecule has 1 heterocycles. The van der Waals surface area contributed by atoms with Gasteiger partial charge in [-0.05, 0) is 16.3 Å². The number of benzene rings is 2. The largest absolute Gasteiger partial charge is 0.282 e. The second kappa shape index (κ2) is 2.43. The van der Waals surface area contributed by atoms with Gasteiger partial charge in [-0.3, -0.25) is 4.99 Å². The Morgan fingerprint density at radius 1 is 0.846 bits per heavy atom. The van der Waals surface area contributed by atoms with E-state index < -0.39 is 0 Å². The van der Waals surface area contributed by atoms with E-state index in [0.29, 0.717) is 0 Å². The highest BCUT2D eigenvalue weighted by Gasteiger charge is 2.07. The predicted molar refractivity (Wildman–Crippen MR) is 54.9 cm³/mol. The third-order valence-electron chi connectivity index (χ3n) is 2.40. The minimum absolute atomic E-state index is 1.22. The smallest absolute Gasteiger partial charge is 0.102 e. The maximum atomic E-state index is 4.19. The molecular weight excluding hydrogens is 158 g/mol. The first kappa shape index (κ1) is 6.84. The lowest BCUT2D eigenvalue weighted by atomic mass is 9.98. The van der Waals surface area contributed by atoms with Gasteiger partial charge in [0.15, 0.2) is 0 Å². The Morgan fingerprint density at radius 2 is 1.62 bits per heavy atom. The Bertz CT molecular complexity index is 492. The summed E-state index contributed by atoms with van der Waals surface area (Å²) in [4.78, 5) is 4.19. The van der Waals surface area contributed by atoms with Crippen molar-refractivity contribution < 1.29 is 0 Å². The quantitative estimate of drug-likeness (QED) is 0.570. The summed E-state index contributed by atoms with van der Waals surface area (Å²) in [6, 6.07) is 12.6. The van der Waals surface area contributed by atoms with Crippen LogP contribution in [0.15, 0.2) is 41.4 Å². The van der Waals surface area contributed by atoms with Crippen molar-refractivity contribution >= 4 is 17.0 Å². The summed E-state index contributed by atoms with van der Waals surface area (Å²) < 4.78 is 0. The molecule has 0 aromatic heterocycles. The molecule has 2 aromatic rings. The van der Waals surface area contributed by atoms with Crippen molar-refractivity contribution in [2.75, 3.05) is 0 Å². The van der Waals surface area contributed by atoms with E-state index in [1.165, 1.54) is 21.9 Å². The van der Waals surface area contributed by atoms with Gasteiger partial charge in [-0.15, -0.1) is 0 Å². The van der Waals surface area contributed by atoms with Gasteiger partial charge in [0.1, 0.15) is 6.54 Å². The van der Waals surface area contributed by atoms with Crippen molar-refractivity contribution in [3.8, 4) is 0 Å². The first-order chi connectivity index (χ1) is 6.45. The highest BCUT2D eigenvalue weighted by Crippen LogP contribution is 2.25. The van der Waals surface area contributed by atoms with Crippen molar-refractivity contribution in [1.29, 1.82) is 0 Å². The standard InChI is InChI=1S/C12H8N/c1-3-9-4-2-6-11-8-13-7-10(5-1)12(9)11/h1-8H. The Kier molecular flexibility index (Phi) is 1.28. The van der Waals surface area contributed by atoms with Gasteiger partial charge in [0.25, 0.3) is 0 Å². The number of rotatable bonds is 0. The van der Waals surface area contributed by atoms with Crippen molar-refractivity contribution in [3.05, 3.63) is 54.1 Å². The molecule has 0 unspecified atom stereocenters. The molecule has 1 heteroatoms. The van der Waals surface area contributed by atoms with E-state index in [2.05, 4.69) is 41.4 Å². The van der Waals surface area contributed by atoms with E-state index in [4.69, 9.17) is 0 Å². The Labute approximate surface area is 76.7 Å². The molecular formula is C12H8N. The van der Waals surface area contributed by atoms with Crippen LogP contribution in [0.5, 0.6) is 0 Å². The molecule has 13 heavy (non-hydrogen) atoms. The third-order valence-corrected chi connectivity index (χ3v) is 2.40. The highest BCUT2D eigenvalue weighted by atomic mass is 14.7. The average Bonchev–Trinajstić information content (AvgIpc) is 2.19. The summed E-state index contributed by atoms with van der Waals surface area (Å²) >= 11 is 0. The zero-order chi connectivity index (χ0) is 8.67. The van der Waals surface area contributed by atoms with Crippen LogP contribution < -0.4 is 0 Å². The van der Waals surface area contributed by atoms with Gasteiger partial charge in [-0.25, -0.2) is 0 Å². The van der Waals surface area contributed by atoms with Crippen molar-refractivity contribution in [1.82, 2.24) is 0 Å². The Balaban J connectivity index is 2.56. The van der Waals surface area contributed by atoms with Crippen LogP contribution in [0.2, 0.25) is 0 Å². The van der Waals surface area contributed by atoms with Gasteiger partial charge < -0.3 is 0 Å². The summed E-state index contributed by atoms with van der Waals surface area (Å²) in [5.74, 6) is 0. The number of hydrogen-bond donors (Lipinski definition) is 0. The van der Waals surface area contributed by atoms with E-state index >= 15 is 0 Å². The molecule has 0 N–H and O–H groups in total. The lowest BCUT2D eigenvalue weighted by Gasteiger charge is -2.10. The summed E-state index contributed by atoms with van der Waals surface area (Å²) in [5.41, 5.74) is 2.44. The first-order valence-corrected chi connectivity index (χ1v) is 4.33. The zero-order valence-electron chi connectivity index (χ0n) is 7.07. The van der Waals surface area contributed by atoms with Crippen LogP contribution in [0.3, 0.4) is 0 Å². The van der Waals surface area contributed by atoms with E-state index in [1.54, 1.807) is 0 Å². The molecule has 0 spiro atoms. The molecule has 0 atom stereocenters. The number of hydrogen-bond acceptors (Lipinski definition) is 1. The van der Waals surface area contributed by atoms with E-state index in [9.17, 15) is 0 Å². The fourth-order valence-corrected chi connectivity index (χ4v) is 1.81.